The number of aryl methyl sites for hydroxylation is 1. The van der Waals surface area contributed by atoms with Crippen LogP contribution in [-0.4, -0.2) is 42.1 Å². The molecule has 2 heterocycles. The van der Waals surface area contributed by atoms with Crippen LogP contribution in [0.25, 0.3) is 0 Å². The van der Waals surface area contributed by atoms with Crippen LogP contribution in [0.5, 0.6) is 0 Å². The monoisotopic (exact) mass is 370 g/mol. The Morgan fingerprint density at radius 2 is 2.00 bits per heavy atom. The van der Waals surface area contributed by atoms with Crippen LogP contribution in [0.3, 0.4) is 0 Å². The number of carbonyl (C=O) groups is 1. The van der Waals surface area contributed by atoms with Crippen molar-refractivity contribution >= 4 is 51.4 Å². The molecule has 1 N–H and O–H groups in total. The number of halogens is 2. The molecule has 5 nitrogen and oxygen atoms in total. The number of thiazole rings is 1. The van der Waals surface area contributed by atoms with Crippen molar-refractivity contribution in [2.24, 2.45) is 0 Å². The summed E-state index contributed by atoms with van der Waals surface area (Å²) in [5.74, 6) is 0. The number of aromatic nitrogens is 1. The first-order valence-electron chi connectivity index (χ1n) is 7.21. The van der Waals surface area contributed by atoms with Gasteiger partial charge in [0.1, 0.15) is 4.34 Å². The highest BCUT2D eigenvalue weighted by atomic mass is 35.5. The van der Waals surface area contributed by atoms with E-state index in [2.05, 4.69) is 21.3 Å². The van der Waals surface area contributed by atoms with Gasteiger partial charge in [-0.15, -0.1) is 0 Å². The maximum Gasteiger partial charge on any atom is 0.323 e. The fourth-order valence-corrected chi connectivity index (χ4v) is 3.41. The minimum atomic E-state index is -0.141. The zero-order valence-electron chi connectivity index (χ0n) is 12.6. The molecule has 1 fully saturated rings. The van der Waals surface area contributed by atoms with Gasteiger partial charge < -0.3 is 9.80 Å². The zero-order chi connectivity index (χ0) is 16.4. The average molecular weight is 371 g/mol. The van der Waals surface area contributed by atoms with Crippen LogP contribution >= 0.6 is 34.5 Å². The summed E-state index contributed by atoms with van der Waals surface area (Å²) in [6.07, 6.45) is 1.53. The summed E-state index contributed by atoms with van der Waals surface area (Å²) in [6.45, 7) is 4.82. The van der Waals surface area contributed by atoms with Gasteiger partial charge in [0.2, 0.25) is 0 Å². The molecule has 2 amide bonds. The van der Waals surface area contributed by atoms with Gasteiger partial charge in [-0.1, -0.05) is 40.6 Å². The summed E-state index contributed by atoms with van der Waals surface area (Å²) in [6, 6.07) is 5.92. The fourth-order valence-electron chi connectivity index (χ4n) is 2.43. The second-order valence-corrected chi connectivity index (χ2v) is 7.38. The van der Waals surface area contributed by atoms with Crippen LogP contribution in [0, 0.1) is 6.92 Å². The average Bonchev–Trinajstić information content (AvgIpc) is 2.95. The highest BCUT2D eigenvalue weighted by Gasteiger charge is 2.22. The highest BCUT2D eigenvalue weighted by molar-refractivity contribution is 7.19. The third kappa shape index (κ3) is 3.88. The van der Waals surface area contributed by atoms with Crippen LogP contribution in [0.4, 0.5) is 15.6 Å². The number of hydrogen-bond donors (Lipinski definition) is 1. The molecule has 1 aromatic carbocycles. The van der Waals surface area contributed by atoms with Crippen molar-refractivity contribution in [3.63, 3.8) is 0 Å². The van der Waals surface area contributed by atoms with Crippen LogP contribution in [0.1, 0.15) is 5.56 Å². The normalized spacial score (nSPS) is 14.9. The van der Waals surface area contributed by atoms with E-state index < -0.39 is 0 Å². The molecule has 0 aliphatic carbocycles. The third-order valence-corrected chi connectivity index (χ3v) is 5.22. The van der Waals surface area contributed by atoms with Crippen molar-refractivity contribution in [3.05, 3.63) is 39.3 Å². The molecule has 1 aliphatic heterocycles. The lowest BCUT2D eigenvalue weighted by atomic mass is 10.2. The summed E-state index contributed by atoms with van der Waals surface area (Å²) < 4.78 is 0.557. The number of rotatable bonds is 2. The second-order valence-electron chi connectivity index (χ2n) is 5.31. The molecule has 1 saturated heterocycles. The topological polar surface area (TPSA) is 48.5 Å². The second kappa shape index (κ2) is 6.95. The zero-order valence-corrected chi connectivity index (χ0v) is 14.9. The molecule has 8 heteroatoms. The van der Waals surface area contributed by atoms with Crippen LogP contribution in [-0.2, 0) is 0 Å². The van der Waals surface area contributed by atoms with Crippen molar-refractivity contribution in [2.45, 2.75) is 6.92 Å². The van der Waals surface area contributed by atoms with Crippen molar-refractivity contribution in [1.82, 2.24) is 9.88 Å². The smallest absolute Gasteiger partial charge is 0.323 e. The number of carbonyl (C=O) groups excluding carboxylic acids is 1. The molecule has 0 bridgehead atoms. The van der Waals surface area contributed by atoms with Crippen LogP contribution in [0.15, 0.2) is 24.4 Å². The van der Waals surface area contributed by atoms with Gasteiger partial charge in [0, 0.05) is 36.9 Å². The molecule has 3 rings (SSSR count). The molecule has 2 aromatic rings. The molecule has 0 atom stereocenters. The lowest BCUT2D eigenvalue weighted by molar-refractivity contribution is 0.208. The van der Waals surface area contributed by atoms with E-state index in [0.29, 0.717) is 22.6 Å². The number of nitrogens with zero attached hydrogens (tertiary/aromatic N) is 3. The minimum Gasteiger partial charge on any atom is -0.368 e. The summed E-state index contributed by atoms with van der Waals surface area (Å²) in [7, 11) is 0. The van der Waals surface area contributed by atoms with E-state index in [9.17, 15) is 4.79 Å². The number of amides is 2. The van der Waals surface area contributed by atoms with Gasteiger partial charge in [-0.05, 0) is 24.6 Å². The predicted octanol–water partition coefficient (Wildman–Crippen LogP) is 4.11. The van der Waals surface area contributed by atoms with Crippen molar-refractivity contribution in [1.29, 1.82) is 0 Å². The molecule has 1 aliphatic rings. The Bertz CT molecular complexity index is 713. The Kier molecular flexibility index (Phi) is 4.94. The number of urea groups is 1. The summed E-state index contributed by atoms with van der Waals surface area (Å²) in [5, 5.41) is 4.06. The minimum absolute atomic E-state index is 0.141. The lowest BCUT2D eigenvalue weighted by Crippen LogP contribution is -2.50. The molecule has 0 radical (unpaired) electrons. The van der Waals surface area contributed by atoms with E-state index >= 15 is 0 Å². The quantitative estimate of drug-likeness (QED) is 0.864. The number of hydrogen-bond acceptors (Lipinski definition) is 4. The van der Waals surface area contributed by atoms with Gasteiger partial charge in [-0.25, -0.2) is 9.78 Å². The largest absolute Gasteiger partial charge is 0.368 e. The maximum atomic E-state index is 12.2. The van der Waals surface area contributed by atoms with E-state index in [4.69, 9.17) is 23.2 Å². The van der Waals surface area contributed by atoms with E-state index in [1.807, 2.05) is 19.1 Å². The summed E-state index contributed by atoms with van der Waals surface area (Å²) in [5.41, 5.74) is 2.16. The first-order chi connectivity index (χ1) is 11.0. The first-order valence-corrected chi connectivity index (χ1v) is 8.78. The molecule has 0 spiro atoms. The number of benzene rings is 1. The summed E-state index contributed by atoms with van der Waals surface area (Å²) in [4.78, 5) is 20.3. The first kappa shape index (κ1) is 16.4. The van der Waals surface area contributed by atoms with E-state index in [1.54, 1.807) is 4.90 Å². The van der Waals surface area contributed by atoms with E-state index in [1.165, 1.54) is 17.5 Å². The molecule has 23 heavy (non-hydrogen) atoms. The van der Waals surface area contributed by atoms with Crippen molar-refractivity contribution < 1.29 is 4.79 Å². The van der Waals surface area contributed by atoms with Crippen LogP contribution < -0.4 is 10.2 Å². The Hall–Kier alpha value is -1.50. The molecule has 0 unspecified atom stereocenters. The van der Waals surface area contributed by atoms with Gasteiger partial charge in [0.05, 0.1) is 6.20 Å². The number of piperazine rings is 1. The standard InChI is InChI=1S/C15H16Cl2N4OS/c1-10-2-3-11(8-12(10)16)20-4-6-21(7-5-20)15(22)19-14-18-9-13(17)23-14/h2-3,8-9H,4-7H2,1H3,(H,18,19,22). The van der Waals surface area contributed by atoms with Gasteiger partial charge in [0.15, 0.2) is 5.13 Å². The van der Waals surface area contributed by atoms with Crippen molar-refractivity contribution in [3.8, 4) is 0 Å². The molecule has 122 valence electrons. The Balaban J connectivity index is 1.57. The van der Waals surface area contributed by atoms with Crippen LogP contribution in [0.2, 0.25) is 9.36 Å². The number of anilines is 2. The lowest BCUT2D eigenvalue weighted by Gasteiger charge is -2.36. The van der Waals surface area contributed by atoms with Gasteiger partial charge >= 0.3 is 6.03 Å². The molecule has 0 saturated carbocycles. The van der Waals surface area contributed by atoms with E-state index in [-0.39, 0.29) is 6.03 Å². The van der Waals surface area contributed by atoms with Gasteiger partial charge in [-0.2, -0.15) is 0 Å². The summed E-state index contributed by atoms with van der Waals surface area (Å²) >= 11 is 13.3. The van der Waals surface area contributed by atoms with Crippen molar-refractivity contribution in [2.75, 3.05) is 36.4 Å². The van der Waals surface area contributed by atoms with E-state index in [0.717, 1.165) is 29.4 Å². The predicted molar refractivity (Wildman–Crippen MR) is 96.1 cm³/mol. The molecule has 1 aromatic heterocycles. The SMILES string of the molecule is Cc1ccc(N2CCN(C(=O)Nc3ncc(Cl)s3)CC2)cc1Cl. The van der Waals surface area contributed by atoms with Gasteiger partial charge in [-0.3, -0.25) is 5.32 Å². The highest BCUT2D eigenvalue weighted by Crippen LogP contribution is 2.25. The third-order valence-electron chi connectivity index (χ3n) is 3.78. The number of nitrogens with one attached hydrogen (secondary N) is 1. The molecular weight excluding hydrogens is 355 g/mol. The maximum absolute atomic E-state index is 12.2. The Labute approximate surface area is 148 Å². The Morgan fingerprint density at radius 1 is 1.26 bits per heavy atom. The fraction of sp³-hybridized carbons (Fsp3) is 0.333. The molecular formula is C15H16Cl2N4OS. The van der Waals surface area contributed by atoms with Gasteiger partial charge in [0.25, 0.3) is 0 Å². The Morgan fingerprint density at radius 3 is 2.61 bits per heavy atom.